The fourth-order valence-corrected chi connectivity index (χ4v) is 1.83. The van der Waals surface area contributed by atoms with Crippen molar-refractivity contribution in [2.45, 2.75) is 19.4 Å². The number of carbonyl (C=O) groups is 1. The van der Waals surface area contributed by atoms with Gasteiger partial charge in [0.25, 0.3) is 0 Å². The van der Waals surface area contributed by atoms with E-state index in [2.05, 4.69) is 10.4 Å². The molecule has 0 spiro atoms. The molecule has 0 unspecified atom stereocenters. The molecule has 0 bridgehead atoms. The van der Waals surface area contributed by atoms with Crippen LogP contribution in [0.15, 0.2) is 42.7 Å². The number of rotatable bonds is 6. The molecule has 5 heteroatoms. The molecule has 0 aliphatic carbocycles. The summed E-state index contributed by atoms with van der Waals surface area (Å²) in [5.41, 5.74) is 1.87. The van der Waals surface area contributed by atoms with E-state index in [0.717, 1.165) is 24.1 Å². The first-order valence-corrected chi connectivity index (χ1v) is 6.25. The number of nitrogens with one attached hydrogen (secondary N) is 1. The second kappa shape index (κ2) is 6.70. The summed E-state index contributed by atoms with van der Waals surface area (Å²) < 4.78 is 1.57. The molecule has 19 heavy (non-hydrogen) atoms. The quantitative estimate of drug-likeness (QED) is 0.825. The maximum atomic E-state index is 11.8. The van der Waals surface area contributed by atoms with Crippen molar-refractivity contribution >= 4 is 11.6 Å². The summed E-state index contributed by atoms with van der Waals surface area (Å²) >= 11 is 0. The van der Waals surface area contributed by atoms with Gasteiger partial charge >= 0.3 is 0 Å². The Morgan fingerprint density at radius 1 is 1.37 bits per heavy atom. The Labute approximate surface area is 111 Å². The zero-order valence-corrected chi connectivity index (χ0v) is 10.6. The highest BCUT2D eigenvalue weighted by Crippen LogP contribution is 2.12. The molecular weight excluding hydrogens is 242 g/mol. The lowest BCUT2D eigenvalue weighted by Crippen LogP contribution is -2.19. The molecule has 0 radical (unpaired) electrons. The molecule has 2 aromatic rings. The molecule has 2 N–H and O–H groups in total. The van der Waals surface area contributed by atoms with E-state index in [9.17, 15) is 4.79 Å². The molecule has 0 atom stereocenters. The summed E-state index contributed by atoms with van der Waals surface area (Å²) in [5, 5.41) is 15.6. The van der Waals surface area contributed by atoms with Gasteiger partial charge in [-0.3, -0.25) is 9.48 Å². The summed E-state index contributed by atoms with van der Waals surface area (Å²) in [4.78, 5) is 11.8. The third-order valence-electron chi connectivity index (χ3n) is 2.70. The molecule has 2 rings (SSSR count). The molecular formula is C14H17N3O2. The van der Waals surface area contributed by atoms with Gasteiger partial charge in [0.05, 0.1) is 0 Å². The molecule has 1 amide bonds. The van der Waals surface area contributed by atoms with Gasteiger partial charge in [-0.15, -0.1) is 0 Å². The number of nitrogens with zero attached hydrogens (tertiary/aromatic N) is 2. The standard InChI is InChI=1S/C14H17N3O2/c18-9-2-5-12-4-1-6-13(10-12)16-14(19)11-17-8-3-7-15-17/h1,3-4,6-8,10,18H,2,5,9,11H2,(H,16,19). The number of carbonyl (C=O) groups excluding carboxylic acids is 1. The van der Waals surface area contributed by atoms with Crippen LogP contribution < -0.4 is 5.32 Å². The van der Waals surface area contributed by atoms with Gasteiger partial charge in [-0.05, 0) is 36.6 Å². The molecule has 0 fully saturated rings. The van der Waals surface area contributed by atoms with Crippen molar-refractivity contribution < 1.29 is 9.90 Å². The van der Waals surface area contributed by atoms with Gasteiger partial charge in [-0.1, -0.05) is 12.1 Å². The zero-order chi connectivity index (χ0) is 13.5. The zero-order valence-electron chi connectivity index (χ0n) is 10.6. The van der Waals surface area contributed by atoms with Crippen LogP contribution in [0.5, 0.6) is 0 Å². The van der Waals surface area contributed by atoms with Crippen LogP contribution in [0.4, 0.5) is 5.69 Å². The minimum Gasteiger partial charge on any atom is -0.396 e. The summed E-state index contributed by atoms with van der Waals surface area (Å²) in [6, 6.07) is 9.44. The van der Waals surface area contributed by atoms with Gasteiger partial charge in [-0.2, -0.15) is 5.10 Å². The number of benzene rings is 1. The number of hydrogen-bond donors (Lipinski definition) is 2. The van der Waals surface area contributed by atoms with E-state index in [4.69, 9.17) is 5.11 Å². The normalized spacial score (nSPS) is 10.4. The van der Waals surface area contributed by atoms with Gasteiger partial charge in [0.1, 0.15) is 6.54 Å². The van der Waals surface area contributed by atoms with Crippen molar-refractivity contribution in [2.75, 3.05) is 11.9 Å². The van der Waals surface area contributed by atoms with Gasteiger partial charge < -0.3 is 10.4 Å². The van der Waals surface area contributed by atoms with Crippen molar-refractivity contribution in [2.24, 2.45) is 0 Å². The smallest absolute Gasteiger partial charge is 0.246 e. The predicted molar refractivity (Wildman–Crippen MR) is 72.7 cm³/mol. The van der Waals surface area contributed by atoms with E-state index in [0.29, 0.717) is 0 Å². The molecule has 1 aromatic carbocycles. The first kappa shape index (κ1) is 13.3. The van der Waals surface area contributed by atoms with Crippen LogP contribution in [0.25, 0.3) is 0 Å². The Morgan fingerprint density at radius 3 is 3.00 bits per heavy atom. The predicted octanol–water partition coefficient (Wildman–Crippen LogP) is 1.45. The lowest BCUT2D eigenvalue weighted by Gasteiger charge is -2.07. The number of aromatic nitrogens is 2. The number of amides is 1. The Bertz CT molecular complexity index is 523. The Morgan fingerprint density at radius 2 is 2.26 bits per heavy atom. The maximum Gasteiger partial charge on any atom is 0.246 e. The molecule has 100 valence electrons. The fraction of sp³-hybridized carbons (Fsp3) is 0.286. The summed E-state index contributed by atoms with van der Waals surface area (Å²) in [6.07, 6.45) is 4.92. The van der Waals surface area contributed by atoms with Gasteiger partial charge in [0, 0.05) is 24.7 Å². The highest BCUT2D eigenvalue weighted by atomic mass is 16.2. The number of aryl methyl sites for hydroxylation is 1. The van der Waals surface area contributed by atoms with E-state index in [-0.39, 0.29) is 19.1 Å². The second-order valence-corrected chi connectivity index (χ2v) is 4.28. The second-order valence-electron chi connectivity index (χ2n) is 4.28. The Hall–Kier alpha value is -2.14. The minimum absolute atomic E-state index is 0.108. The van der Waals surface area contributed by atoms with Crippen LogP contribution in [0.3, 0.4) is 0 Å². The SMILES string of the molecule is O=C(Cn1cccn1)Nc1cccc(CCCO)c1. The van der Waals surface area contributed by atoms with Crippen molar-refractivity contribution in [1.82, 2.24) is 9.78 Å². The molecule has 0 aliphatic rings. The number of aliphatic hydroxyl groups is 1. The van der Waals surface area contributed by atoms with E-state index >= 15 is 0 Å². The van der Waals surface area contributed by atoms with E-state index < -0.39 is 0 Å². The van der Waals surface area contributed by atoms with Crippen molar-refractivity contribution in [3.8, 4) is 0 Å². The Kier molecular flexibility index (Phi) is 4.69. The first-order valence-electron chi connectivity index (χ1n) is 6.25. The van der Waals surface area contributed by atoms with Gasteiger partial charge in [0.2, 0.25) is 5.91 Å². The van der Waals surface area contributed by atoms with Crippen LogP contribution in [-0.4, -0.2) is 27.4 Å². The highest BCUT2D eigenvalue weighted by Gasteiger charge is 2.04. The van der Waals surface area contributed by atoms with Crippen molar-refractivity contribution in [3.63, 3.8) is 0 Å². The number of hydrogen-bond acceptors (Lipinski definition) is 3. The third-order valence-corrected chi connectivity index (χ3v) is 2.70. The van der Waals surface area contributed by atoms with E-state index in [1.165, 1.54) is 0 Å². The molecule has 0 saturated carbocycles. The summed E-state index contributed by atoms with van der Waals surface area (Å²) in [5.74, 6) is -0.108. The third kappa shape index (κ3) is 4.22. The minimum atomic E-state index is -0.108. The molecule has 0 aliphatic heterocycles. The van der Waals surface area contributed by atoms with Crippen LogP contribution >= 0.6 is 0 Å². The van der Waals surface area contributed by atoms with Gasteiger partial charge in [-0.25, -0.2) is 0 Å². The van der Waals surface area contributed by atoms with Crippen LogP contribution in [0.1, 0.15) is 12.0 Å². The highest BCUT2D eigenvalue weighted by molar-refractivity contribution is 5.90. The lowest BCUT2D eigenvalue weighted by molar-refractivity contribution is -0.116. The number of anilines is 1. The van der Waals surface area contributed by atoms with E-state index in [1.807, 2.05) is 24.3 Å². The molecule has 1 aromatic heterocycles. The van der Waals surface area contributed by atoms with Crippen LogP contribution in [0, 0.1) is 0 Å². The van der Waals surface area contributed by atoms with Crippen molar-refractivity contribution in [3.05, 3.63) is 48.3 Å². The molecule has 5 nitrogen and oxygen atoms in total. The number of aliphatic hydroxyl groups excluding tert-OH is 1. The topological polar surface area (TPSA) is 67.2 Å². The average molecular weight is 259 g/mol. The van der Waals surface area contributed by atoms with Crippen LogP contribution in [-0.2, 0) is 17.8 Å². The lowest BCUT2D eigenvalue weighted by atomic mass is 10.1. The Balaban J connectivity index is 1.92. The summed E-state index contributed by atoms with van der Waals surface area (Å²) in [7, 11) is 0. The van der Waals surface area contributed by atoms with E-state index in [1.54, 1.807) is 23.1 Å². The summed E-state index contributed by atoms with van der Waals surface area (Å²) in [6.45, 7) is 0.379. The fourth-order valence-electron chi connectivity index (χ4n) is 1.83. The average Bonchev–Trinajstić information content (AvgIpc) is 2.89. The molecule has 0 saturated heterocycles. The van der Waals surface area contributed by atoms with Crippen LogP contribution in [0.2, 0.25) is 0 Å². The monoisotopic (exact) mass is 259 g/mol. The molecule has 1 heterocycles. The largest absolute Gasteiger partial charge is 0.396 e. The van der Waals surface area contributed by atoms with Crippen molar-refractivity contribution in [1.29, 1.82) is 0 Å². The van der Waals surface area contributed by atoms with Gasteiger partial charge in [0.15, 0.2) is 0 Å². The first-order chi connectivity index (χ1) is 9.28. The maximum absolute atomic E-state index is 11.8.